The zero-order valence-corrected chi connectivity index (χ0v) is 14.4. The lowest BCUT2D eigenvalue weighted by Gasteiger charge is -2.10. The molecule has 24 heavy (non-hydrogen) atoms. The Bertz CT molecular complexity index is 899. The summed E-state index contributed by atoms with van der Waals surface area (Å²) >= 11 is 6.32. The summed E-state index contributed by atoms with van der Waals surface area (Å²) in [6.45, 7) is 6.41. The standard InChI is InChI=1S/C16H17ClN6O/c1-4-24-15-12-14(22-16(18)23-15)19-7-11(20-12)9-5-6-10(8(2)3)21-13(9)17/h5-8H,4H2,1-3H3,(H2,18,19,22,23). The van der Waals surface area contributed by atoms with Gasteiger partial charge in [-0.1, -0.05) is 25.4 Å². The van der Waals surface area contributed by atoms with E-state index in [1.54, 1.807) is 6.20 Å². The number of ether oxygens (including phenoxy) is 1. The van der Waals surface area contributed by atoms with Gasteiger partial charge in [0.2, 0.25) is 11.8 Å². The molecule has 0 radical (unpaired) electrons. The first-order valence-corrected chi connectivity index (χ1v) is 7.97. The van der Waals surface area contributed by atoms with Gasteiger partial charge >= 0.3 is 0 Å². The average Bonchev–Trinajstić information content (AvgIpc) is 2.54. The molecule has 2 N–H and O–H groups in total. The van der Waals surface area contributed by atoms with Gasteiger partial charge in [-0.25, -0.2) is 15.0 Å². The molecule has 124 valence electrons. The highest BCUT2D eigenvalue weighted by Gasteiger charge is 2.15. The molecule has 0 fully saturated rings. The van der Waals surface area contributed by atoms with Crippen LogP contribution in [0, 0.1) is 0 Å². The Kier molecular flexibility index (Phi) is 4.44. The number of aromatic nitrogens is 5. The maximum absolute atomic E-state index is 6.32. The number of nitrogens with two attached hydrogens (primary N) is 1. The van der Waals surface area contributed by atoms with Gasteiger partial charge < -0.3 is 10.5 Å². The fourth-order valence-corrected chi connectivity index (χ4v) is 2.48. The number of hydrogen-bond acceptors (Lipinski definition) is 7. The summed E-state index contributed by atoms with van der Waals surface area (Å²) in [5.41, 5.74) is 8.67. The summed E-state index contributed by atoms with van der Waals surface area (Å²) in [7, 11) is 0. The van der Waals surface area contributed by atoms with Gasteiger partial charge in [0.25, 0.3) is 0 Å². The smallest absolute Gasteiger partial charge is 0.247 e. The summed E-state index contributed by atoms with van der Waals surface area (Å²) in [6, 6.07) is 3.82. The molecule has 0 saturated carbocycles. The van der Waals surface area contributed by atoms with E-state index in [4.69, 9.17) is 22.1 Å². The number of hydrogen-bond donors (Lipinski definition) is 1. The SMILES string of the molecule is CCOc1nc(N)nc2ncc(-c3ccc(C(C)C)nc3Cl)nc12. The molecule has 7 nitrogen and oxygen atoms in total. The fourth-order valence-electron chi connectivity index (χ4n) is 2.23. The molecule has 0 unspecified atom stereocenters. The van der Waals surface area contributed by atoms with Gasteiger partial charge in [-0.15, -0.1) is 0 Å². The van der Waals surface area contributed by atoms with Crippen molar-refractivity contribution in [2.24, 2.45) is 0 Å². The number of nitrogen functional groups attached to an aromatic ring is 1. The number of anilines is 1. The lowest BCUT2D eigenvalue weighted by atomic mass is 10.1. The molecule has 0 aliphatic carbocycles. The van der Waals surface area contributed by atoms with E-state index in [2.05, 4.69) is 38.8 Å². The summed E-state index contributed by atoms with van der Waals surface area (Å²) in [4.78, 5) is 21.4. The van der Waals surface area contributed by atoms with Crippen molar-refractivity contribution in [3.05, 3.63) is 29.2 Å². The van der Waals surface area contributed by atoms with Crippen LogP contribution in [-0.4, -0.2) is 31.5 Å². The first-order valence-electron chi connectivity index (χ1n) is 7.59. The van der Waals surface area contributed by atoms with Crippen LogP contribution in [0.5, 0.6) is 5.88 Å². The van der Waals surface area contributed by atoms with E-state index in [1.165, 1.54) is 0 Å². The molecule has 3 aromatic heterocycles. The van der Waals surface area contributed by atoms with Gasteiger partial charge in [0.05, 0.1) is 18.5 Å². The highest BCUT2D eigenvalue weighted by molar-refractivity contribution is 6.32. The largest absolute Gasteiger partial charge is 0.476 e. The zero-order chi connectivity index (χ0) is 17.3. The molecule has 0 saturated heterocycles. The van der Waals surface area contributed by atoms with Crippen LogP contribution in [-0.2, 0) is 0 Å². The summed E-state index contributed by atoms with van der Waals surface area (Å²) in [5, 5.41) is 0.379. The Morgan fingerprint density at radius 3 is 2.62 bits per heavy atom. The Morgan fingerprint density at radius 2 is 1.96 bits per heavy atom. The lowest BCUT2D eigenvalue weighted by molar-refractivity contribution is 0.330. The van der Waals surface area contributed by atoms with E-state index in [-0.39, 0.29) is 5.95 Å². The van der Waals surface area contributed by atoms with Crippen molar-refractivity contribution >= 4 is 28.7 Å². The normalized spacial score (nSPS) is 11.2. The van der Waals surface area contributed by atoms with Gasteiger partial charge in [0.1, 0.15) is 5.15 Å². The maximum Gasteiger partial charge on any atom is 0.247 e. The molecule has 0 aliphatic rings. The molecule has 0 atom stereocenters. The van der Waals surface area contributed by atoms with Crippen molar-refractivity contribution in [1.82, 2.24) is 24.9 Å². The predicted molar refractivity (Wildman–Crippen MR) is 93.0 cm³/mol. The highest BCUT2D eigenvalue weighted by Crippen LogP contribution is 2.29. The van der Waals surface area contributed by atoms with E-state index in [1.807, 2.05) is 19.1 Å². The molecule has 3 heterocycles. The predicted octanol–water partition coefficient (Wildman–Crippen LogP) is 3.24. The van der Waals surface area contributed by atoms with Crippen LogP contribution in [0.15, 0.2) is 18.3 Å². The summed E-state index contributed by atoms with van der Waals surface area (Å²) in [6.07, 6.45) is 1.59. The molecule has 3 aromatic rings. The van der Waals surface area contributed by atoms with Gasteiger partial charge in [-0.3, -0.25) is 0 Å². The van der Waals surface area contributed by atoms with Crippen molar-refractivity contribution in [2.75, 3.05) is 12.3 Å². The Hall–Kier alpha value is -2.54. The number of rotatable bonds is 4. The van der Waals surface area contributed by atoms with E-state index >= 15 is 0 Å². The van der Waals surface area contributed by atoms with Gasteiger partial charge in [0, 0.05) is 11.3 Å². The average molecular weight is 345 g/mol. The van der Waals surface area contributed by atoms with E-state index in [9.17, 15) is 0 Å². The van der Waals surface area contributed by atoms with E-state index < -0.39 is 0 Å². The molecule has 0 spiro atoms. The lowest BCUT2D eigenvalue weighted by Crippen LogP contribution is -2.04. The second kappa shape index (κ2) is 6.52. The fraction of sp³-hybridized carbons (Fsp3) is 0.312. The summed E-state index contributed by atoms with van der Waals surface area (Å²) in [5.74, 6) is 0.686. The second-order valence-corrected chi connectivity index (χ2v) is 5.83. The maximum atomic E-state index is 6.32. The van der Waals surface area contributed by atoms with E-state index in [0.29, 0.717) is 46.0 Å². The molecule has 0 bridgehead atoms. The van der Waals surface area contributed by atoms with Crippen molar-refractivity contribution in [3.8, 4) is 17.1 Å². The van der Waals surface area contributed by atoms with Crippen LogP contribution < -0.4 is 10.5 Å². The Morgan fingerprint density at radius 1 is 1.17 bits per heavy atom. The van der Waals surface area contributed by atoms with Gasteiger partial charge in [0.15, 0.2) is 11.2 Å². The number of nitrogens with zero attached hydrogens (tertiary/aromatic N) is 5. The quantitative estimate of drug-likeness (QED) is 0.725. The van der Waals surface area contributed by atoms with E-state index in [0.717, 1.165) is 5.69 Å². The molecule has 0 aromatic carbocycles. The minimum absolute atomic E-state index is 0.0917. The van der Waals surface area contributed by atoms with Crippen molar-refractivity contribution < 1.29 is 4.74 Å². The van der Waals surface area contributed by atoms with Crippen LogP contribution in [0.1, 0.15) is 32.4 Å². The topological polar surface area (TPSA) is 99.7 Å². The third-order valence-electron chi connectivity index (χ3n) is 3.41. The number of fused-ring (bicyclic) bond motifs is 1. The Labute approximate surface area is 144 Å². The van der Waals surface area contributed by atoms with Crippen LogP contribution in [0.25, 0.3) is 22.4 Å². The monoisotopic (exact) mass is 344 g/mol. The van der Waals surface area contributed by atoms with Gasteiger partial charge in [-0.2, -0.15) is 9.97 Å². The summed E-state index contributed by atoms with van der Waals surface area (Å²) < 4.78 is 5.49. The molecule has 0 aliphatic heterocycles. The number of pyridine rings is 1. The molecular formula is C16H17ClN6O. The van der Waals surface area contributed by atoms with Gasteiger partial charge in [-0.05, 0) is 25.0 Å². The van der Waals surface area contributed by atoms with Crippen molar-refractivity contribution in [3.63, 3.8) is 0 Å². The molecular weight excluding hydrogens is 328 g/mol. The minimum Gasteiger partial charge on any atom is -0.476 e. The second-order valence-electron chi connectivity index (χ2n) is 5.48. The number of halogens is 1. The first kappa shape index (κ1) is 16.3. The van der Waals surface area contributed by atoms with Crippen molar-refractivity contribution in [1.29, 1.82) is 0 Å². The third kappa shape index (κ3) is 3.07. The molecule has 3 rings (SSSR count). The minimum atomic E-state index is 0.0917. The molecule has 8 heteroatoms. The Balaban J connectivity index is 2.14. The van der Waals surface area contributed by atoms with Crippen LogP contribution in [0.2, 0.25) is 5.15 Å². The van der Waals surface area contributed by atoms with Crippen molar-refractivity contribution in [2.45, 2.75) is 26.7 Å². The molecule has 0 amide bonds. The van der Waals surface area contributed by atoms with Crippen LogP contribution >= 0.6 is 11.6 Å². The van der Waals surface area contributed by atoms with Crippen LogP contribution in [0.3, 0.4) is 0 Å². The first-order chi connectivity index (χ1) is 11.5. The third-order valence-corrected chi connectivity index (χ3v) is 3.70. The zero-order valence-electron chi connectivity index (χ0n) is 13.6. The van der Waals surface area contributed by atoms with Crippen LogP contribution in [0.4, 0.5) is 5.95 Å². The highest BCUT2D eigenvalue weighted by atomic mass is 35.5.